The van der Waals surface area contributed by atoms with Crippen LogP contribution in [0.25, 0.3) is 0 Å². The van der Waals surface area contributed by atoms with Crippen LogP contribution in [-0.4, -0.2) is 16.1 Å². The van der Waals surface area contributed by atoms with Crippen LogP contribution in [0.1, 0.15) is 30.2 Å². The minimum atomic E-state index is 0.406. The molecule has 0 aliphatic rings. The van der Waals surface area contributed by atoms with Gasteiger partial charge in [-0.2, -0.15) is 0 Å². The van der Waals surface area contributed by atoms with E-state index in [9.17, 15) is 0 Å². The summed E-state index contributed by atoms with van der Waals surface area (Å²) in [6, 6.07) is 3.88. The highest BCUT2D eigenvalue weighted by molar-refractivity contribution is 7.10. The van der Waals surface area contributed by atoms with Crippen LogP contribution in [0.15, 0.2) is 12.1 Å². The summed E-state index contributed by atoms with van der Waals surface area (Å²) in [5.74, 6) is 0.804. The van der Waals surface area contributed by atoms with Crippen LogP contribution in [0.4, 0.5) is 5.00 Å². The highest BCUT2D eigenvalue weighted by atomic mass is 35.5. The van der Waals surface area contributed by atoms with Gasteiger partial charge >= 0.3 is 0 Å². The second kappa shape index (κ2) is 6.90. The number of aryl methyl sites for hydroxylation is 2. The highest BCUT2D eigenvalue weighted by Gasteiger charge is 2.09. The average molecular weight is 312 g/mol. The largest absolute Gasteiger partial charge is 0.487 e. The quantitative estimate of drug-likeness (QED) is 0.868. The smallest absolute Gasteiger partial charge is 0.136 e. The molecule has 0 aliphatic heterocycles. The van der Waals surface area contributed by atoms with E-state index in [4.69, 9.17) is 16.3 Å². The fraction of sp³-hybridized carbons (Fsp3) is 0.429. The number of hydrogen-bond acceptors (Lipinski definition) is 5. The number of nitrogens with zero attached hydrogens (tertiary/aromatic N) is 2. The van der Waals surface area contributed by atoms with Crippen molar-refractivity contribution in [3.8, 4) is 5.75 Å². The van der Waals surface area contributed by atoms with Gasteiger partial charge in [-0.15, -0.1) is 5.10 Å². The molecule has 108 valence electrons. The third-order valence-electron chi connectivity index (χ3n) is 2.88. The van der Waals surface area contributed by atoms with E-state index >= 15 is 0 Å². The lowest BCUT2D eigenvalue weighted by molar-refractivity contribution is 0.301. The molecular formula is C14H18ClN3OS. The standard InChI is InChI=1S/C14H18ClN3OS/c1-4-5-16-14-12(17-18-20-14)8-19-11-6-9(2)13(15)10(3)7-11/h6-7,16H,4-5,8H2,1-3H3. The molecule has 0 radical (unpaired) electrons. The van der Waals surface area contributed by atoms with E-state index in [-0.39, 0.29) is 0 Å². The Morgan fingerprint density at radius 2 is 2.00 bits per heavy atom. The van der Waals surface area contributed by atoms with Crippen LogP contribution >= 0.6 is 23.1 Å². The molecule has 1 aromatic carbocycles. The van der Waals surface area contributed by atoms with Crippen molar-refractivity contribution < 1.29 is 4.74 Å². The van der Waals surface area contributed by atoms with Gasteiger partial charge in [-0.1, -0.05) is 23.0 Å². The monoisotopic (exact) mass is 311 g/mol. The minimum absolute atomic E-state index is 0.406. The van der Waals surface area contributed by atoms with Gasteiger partial charge in [0.15, 0.2) is 0 Å². The molecule has 0 aliphatic carbocycles. The second-order valence-electron chi connectivity index (χ2n) is 4.64. The summed E-state index contributed by atoms with van der Waals surface area (Å²) in [7, 11) is 0. The van der Waals surface area contributed by atoms with Crippen molar-refractivity contribution in [3.05, 3.63) is 34.0 Å². The molecule has 0 fully saturated rings. The first-order valence-electron chi connectivity index (χ1n) is 6.56. The summed E-state index contributed by atoms with van der Waals surface area (Å²) in [4.78, 5) is 0. The van der Waals surface area contributed by atoms with E-state index in [2.05, 4.69) is 21.8 Å². The Morgan fingerprint density at radius 1 is 1.30 bits per heavy atom. The fourth-order valence-electron chi connectivity index (χ4n) is 1.82. The maximum Gasteiger partial charge on any atom is 0.136 e. The van der Waals surface area contributed by atoms with Crippen LogP contribution in [0.2, 0.25) is 5.02 Å². The molecule has 0 saturated carbocycles. The molecule has 0 spiro atoms. The first-order valence-corrected chi connectivity index (χ1v) is 7.71. The normalized spacial score (nSPS) is 10.6. The van der Waals surface area contributed by atoms with Gasteiger partial charge < -0.3 is 10.1 Å². The molecule has 0 bridgehead atoms. The number of anilines is 1. The van der Waals surface area contributed by atoms with Crippen molar-refractivity contribution in [2.75, 3.05) is 11.9 Å². The van der Waals surface area contributed by atoms with Gasteiger partial charge in [0.25, 0.3) is 0 Å². The number of ether oxygens (including phenoxy) is 1. The van der Waals surface area contributed by atoms with Gasteiger partial charge in [-0.05, 0) is 43.5 Å². The Kier molecular flexibility index (Phi) is 5.20. The number of aromatic nitrogens is 2. The lowest BCUT2D eigenvalue weighted by Crippen LogP contribution is -2.04. The molecule has 0 saturated heterocycles. The predicted octanol–water partition coefficient (Wildman–Crippen LogP) is 4.21. The molecule has 2 rings (SSSR count). The molecule has 2 aromatic rings. The van der Waals surface area contributed by atoms with Gasteiger partial charge in [0.05, 0.1) is 0 Å². The molecule has 0 amide bonds. The molecule has 1 N–H and O–H groups in total. The van der Waals surface area contributed by atoms with Crippen LogP contribution < -0.4 is 10.1 Å². The molecule has 4 nitrogen and oxygen atoms in total. The highest BCUT2D eigenvalue weighted by Crippen LogP contribution is 2.27. The zero-order valence-electron chi connectivity index (χ0n) is 11.9. The Morgan fingerprint density at radius 3 is 2.65 bits per heavy atom. The first kappa shape index (κ1) is 15.1. The number of benzene rings is 1. The average Bonchev–Trinajstić information content (AvgIpc) is 2.87. The molecule has 0 atom stereocenters. The Balaban J connectivity index is 2.04. The molecule has 1 heterocycles. The molecule has 20 heavy (non-hydrogen) atoms. The van der Waals surface area contributed by atoms with E-state index in [1.165, 1.54) is 11.5 Å². The summed E-state index contributed by atoms with van der Waals surface area (Å²) >= 11 is 7.51. The lowest BCUT2D eigenvalue weighted by Gasteiger charge is -2.10. The number of hydrogen-bond donors (Lipinski definition) is 1. The van der Waals surface area contributed by atoms with Crippen molar-refractivity contribution in [1.29, 1.82) is 0 Å². The van der Waals surface area contributed by atoms with E-state index in [1.54, 1.807) is 0 Å². The van der Waals surface area contributed by atoms with Crippen LogP contribution in [0.5, 0.6) is 5.75 Å². The molecule has 6 heteroatoms. The minimum Gasteiger partial charge on any atom is -0.487 e. The van der Waals surface area contributed by atoms with Crippen LogP contribution in [0.3, 0.4) is 0 Å². The van der Waals surface area contributed by atoms with Gasteiger partial charge in [-0.25, -0.2) is 0 Å². The fourth-order valence-corrected chi connectivity index (χ4v) is 2.52. The first-order chi connectivity index (χ1) is 9.61. The van der Waals surface area contributed by atoms with E-state index in [0.717, 1.165) is 45.6 Å². The van der Waals surface area contributed by atoms with Gasteiger partial charge in [0.1, 0.15) is 23.1 Å². The summed E-state index contributed by atoms with van der Waals surface area (Å²) in [6.45, 7) is 7.39. The number of halogens is 1. The Labute approximate surface area is 128 Å². The zero-order chi connectivity index (χ0) is 14.5. The maximum atomic E-state index is 6.15. The van der Waals surface area contributed by atoms with E-state index in [0.29, 0.717) is 6.61 Å². The van der Waals surface area contributed by atoms with Crippen LogP contribution in [0, 0.1) is 13.8 Å². The Bertz CT molecular complexity index is 563. The second-order valence-corrected chi connectivity index (χ2v) is 5.77. The Hall–Kier alpha value is -1.33. The van der Waals surface area contributed by atoms with E-state index in [1.807, 2.05) is 26.0 Å². The predicted molar refractivity (Wildman–Crippen MR) is 83.9 cm³/mol. The van der Waals surface area contributed by atoms with Crippen molar-refractivity contribution in [2.24, 2.45) is 0 Å². The summed E-state index contributed by atoms with van der Waals surface area (Å²) in [5.41, 5.74) is 2.87. The summed E-state index contributed by atoms with van der Waals surface area (Å²) < 4.78 is 9.76. The summed E-state index contributed by atoms with van der Waals surface area (Å²) in [6.07, 6.45) is 1.06. The van der Waals surface area contributed by atoms with Gasteiger partial charge in [-0.3, -0.25) is 0 Å². The maximum absolute atomic E-state index is 6.15. The van der Waals surface area contributed by atoms with E-state index < -0.39 is 0 Å². The van der Waals surface area contributed by atoms with Crippen molar-refractivity contribution >= 4 is 28.1 Å². The summed E-state index contributed by atoms with van der Waals surface area (Å²) in [5, 5.41) is 9.18. The lowest BCUT2D eigenvalue weighted by atomic mass is 10.1. The third kappa shape index (κ3) is 3.61. The zero-order valence-corrected chi connectivity index (χ0v) is 13.4. The topological polar surface area (TPSA) is 47.0 Å². The SMILES string of the molecule is CCCNc1snnc1COc1cc(C)c(Cl)c(C)c1. The van der Waals surface area contributed by atoms with Gasteiger partial charge in [0, 0.05) is 23.1 Å². The number of rotatable bonds is 6. The molecule has 1 aromatic heterocycles. The van der Waals surface area contributed by atoms with Crippen molar-refractivity contribution in [2.45, 2.75) is 33.8 Å². The molecule has 0 unspecified atom stereocenters. The van der Waals surface area contributed by atoms with Crippen molar-refractivity contribution in [1.82, 2.24) is 9.59 Å². The number of nitrogens with one attached hydrogen (secondary N) is 1. The van der Waals surface area contributed by atoms with Gasteiger partial charge in [0.2, 0.25) is 0 Å². The van der Waals surface area contributed by atoms with Crippen LogP contribution in [-0.2, 0) is 6.61 Å². The molecular weight excluding hydrogens is 294 g/mol. The van der Waals surface area contributed by atoms with Crippen molar-refractivity contribution in [3.63, 3.8) is 0 Å². The third-order valence-corrected chi connectivity index (χ3v) is 4.20.